The Kier molecular flexibility index (Phi) is 8.70. The average molecular weight is 580 g/mol. The SMILES string of the molecule is C[C@@H](NC(=O)c1cc(-c2cnn(C)c2)ccn1)c1ccc(-c2cc(C(F)(F)F)ccc2CNC(=O)OC(C)(C)C)cc1. The van der Waals surface area contributed by atoms with E-state index in [9.17, 15) is 22.8 Å². The highest BCUT2D eigenvalue weighted by Crippen LogP contribution is 2.34. The van der Waals surface area contributed by atoms with Crippen LogP contribution in [0.5, 0.6) is 0 Å². The van der Waals surface area contributed by atoms with Crippen LogP contribution in [0, 0.1) is 0 Å². The van der Waals surface area contributed by atoms with Crippen LogP contribution in [0.25, 0.3) is 22.3 Å². The molecule has 4 rings (SSSR count). The van der Waals surface area contributed by atoms with Crippen molar-refractivity contribution in [1.82, 2.24) is 25.4 Å². The predicted molar refractivity (Wildman–Crippen MR) is 152 cm³/mol. The number of aromatic nitrogens is 3. The highest BCUT2D eigenvalue weighted by molar-refractivity contribution is 5.93. The van der Waals surface area contributed by atoms with Crippen LogP contribution in [0.4, 0.5) is 18.0 Å². The molecule has 2 N–H and O–H groups in total. The number of halogens is 3. The van der Waals surface area contributed by atoms with Gasteiger partial charge in [0.1, 0.15) is 11.3 Å². The minimum atomic E-state index is -4.53. The Labute approximate surface area is 241 Å². The number of nitrogens with zero attached hydrogens (tertiary/aromatic N) is 3. The number of alkyl halides is 3. The molecule has 42 heavy (non-hydrogen) atoms. The maximum Gasteiger partial charge on any atom is 0.416 e. The van der Waals surface area contributed by atoms with Crippen LogP contribution >= 0.6 is 0 Å². The normalized spacial score (nSPS) is 12.5. The summed E-state index contributed by atoms with van der Waals surface area (Å²) in [5.41, 5.74) is 2.46. The molecule has 2 aromatic carbocycles. The molecule has 220 valence electrons. The van der Waals surface area contributed by atoms with E-state index in [-0.39, 0.29) is 18.1 Å². The molecule has 8 nitrogen and oxygen atoms in total. The molecule has 2 aromatic heterocycles. The van der Waals surface area contributed by atoms with Crippen molar-refractivity contribution in [3.05, 3.63) is 95.6 Å². The van der Waals surface area contributed by atoms with Crippen molar-refractivity contribution in [2.75, 3.05) is 0 Å². The first kappa shape index (κ1) is 30.3. The van der Waals surface area contributed by atoms with E-state index in [1.54, 1.807) is 88.2 Å². The summed E-state index contributed by atoms with van der Waals surface area (Å²) in [6.45, 7) is 6.94. The number of amides is 2. The molecule has 0 aliphatic carbocycles. The number of nitrogens with one attached hydrogen (secondary N) is 2. The number of alkyl carbamates (subject to hydrolysis) is 1. The summed E-state index contributed by atoms with van der Waals surface area (Å²) >= 11 is 0. The Balaban J connectivity index is 1.51. The third kappa shape index (κ3) is 7.74. The van der Waals surface area contributed by atoms with E-state index in [1.165, 1.54) is 6.07 Å². The van der Waals surface area contributed by atoms with E-state index in [1.807, 2.05) is 6.20 Å². The third-order valence-corrected chi connectivity index (χ3v) is 6.36. The molecule has 0 radical (unpaired) electrons. The smallest absolute Gasteiger partial charge is 0.416 e. The van der Waals surface area contributed by atoms with Crippen molar-refractivity contribution in [1.29, 1.82) is 0 Å². The Hall–Kier alpha value is -4.67. The summed E-state index contributed by atoms with van der Waals surface area (Å²) in [6, 6.07) is 13.3. The van der Waals surface area contributed by atoms with Gasteiger partial charge >= 0.3 is 12.3 Å². The zero-order chi connectivity index (χ0) is 30.7. The molecule has 0 aliphatic heterocycles. The fraction of sp³-hybridized carbons (Fsp3) is 0.290. The van der Waals surface area contributed by atoms with Gasteiger partial charge in [-0.25, -0.2) is 4.79 Å². The number of hydrogen-bond donors (Lipinski definition) is 2. The number of hydrogen-bond acceptors (Lipinski definition) is 5. The van der Waals surface area contributed by atoms with Crippen molar-refractivity contribution >= 4 is 12.0 Å². The topological polar surface area (TPSA) is 98.1 Å². The van der Waals surface area contributed by atoms with Gasteiger partial charge in [0.05, 0.1) is 17.8 Å². The van der Waals surface area contributed by atoms with Gasteiger partial charge in [0.2, 0.25) is 0 Å². The number of pyridine rings is 1. The molecule has 0 saturated heterocycles. The molecule has 1 atom stereocenters. The van der Waals surface area contributed by atoms with Gasteiger partial charge < -0.3 is 15.4 Å². The summed E-state index contributed by atoms with van der Waals surface area (Å²) in [7, 11) is 1.81. The van der Waals surface area contributed by atoms with Gasteiger partial charge in [-0.2, -0.15) is 18.3 Å². The molecule has 2 amide bonds. The number of carbonyl (C=O) groups excluding carboxylic acids is 2. The van der Waals surface area contributed by atoms with Crippen molar-refractivity contribution in [2.45, 2.75) is 52.1 Å². The molecule has 0 bridgehead atoms. The van der Waals surface area contributed by atoms with E-state index >= 15 is 0 Å². The average Bonchev–Trinajstić information content (AvgIpc) is 3.36. The Bertz CT molecular complexity index is 1570. The molecule has 4 aromatic rings. The molecule has 0 saturated carbocycles. The van der Waals surface area contributed by atoms with Gasteiger partial charge in [-0.1, -0.05) is 30.3 Å². The maximum atomic E-state index is 13.5. The van der Waals surface area contributed by atoms with Gasteiger partial charge in [-0.15, -0.1) is 0 Å². The summed E-state index contributed by atoms with van der Waals surface area (Å²) in [5, 5.41) is 9.67. The number of rotatable bonds is 7. The quantitative estimate of drug-likeness (QED) is 0.254. The van der Waals surface area contributed by atoms with Gasteiger partial charge in [-0.05, 0) is 79.8 Å². The number of carbonyl (C=O) groups is 2. The van der Waals surface area contributed by atoms with Gasteiger partial charge in [-0.3, -0.25) is 14.5 Å². The lowest BCUT2D eigenvalue weighted by Gasteiger charge is -2.20. The third-order valence-electron chi connectivity index (χ3n) is 6.36. The van der Waals surface area contributed by atoms with Crippen LogP contribution < -0.4 is 10.6 Å². The molecule has 0 aliphatic rings. The Morgan fingerprint density at radius 3 is 2.31 bits per heavy atom. The molecular formula is C31H32F3N5O3. The fourth-order valence-electron chi connectivity index (χ4n) is 4.27. The van der Waals surface area contributed by atoms with Gasteiger partial charge in [0.15, 0.2) is 0 Å². The molecule has 0 unspecified atom stereocenters. The molecular weight excluding hydrogens is 547 g/mol. The number of ether oxygens (including phenoxy) is 1. The minimum absolute atomic E-state index is 0.0261. The van der Waals surface area contributed by atoms with Gasteiger partial charge in [0.25, 0.3) is 5.91 Å². The molecule has 11 heteroatoms. The molecule has 0 spiro atoms. The summed E-state index contributed by atoms with van der Waals surface area (Å²) in [6.07, 6.45) is -0.114. The van der Waals surface area contributed by atoms with Crippen LogP contribution in [0.15, 0.2) is 73.2 Å². The predicted octanol–water partition coefficient (Wildman–Crippen LogP) is 6.68. The first-order valence-corrected chi connectivity index (χ1v) is 13.2. The first-order chi connectivity index (χ1) is 19.7. The standard InChI is InChI=1S/C31H32F3N5O3/c1-19(38-28(40)27-14-22(12-13-35-27)24-17-37-39(5)18-24)20-6-8-21(9-7-20)26-15-25(31(32,33)34)11-10-23(26)16-36-29(41)42-30(2,3)4/h6-15,17-19H,16H2,1-5H3,(H,36,41)(H,38,40)/t19-/m1/s1. The lowest BCUT2D eigenvalue weighted by molar-refractivity contribution is -0.137. The van der Waals surface area contributed by atoms with E-state index in [4.69, 9.17) is 4.74 Å². The van der Waals surface area contributed by atoms with Gasteiger partial charge in [0, 0.05) is 31.5 Å². The number of aryl methyl sites for hydroxylation is 1. The largest absolute Gasteiger partial charge is 0.444 e. The van der Waals surface area contributed by atoms with Crippen molar-refractivity contribution in [2.24, 2.45) is 7.05 Å². The van der Waals surface area contributed by atoms with Crippen LogP contribution in [-0.2, 0) is 24.5 Å². The zero-order valence-electron chi connectivity index (χ0n) is 23.9. The summed E-state index contributed by atoms with van der Waals surface area (Å²) in [5.74, 6) is -0.370. The highest BCUT2D eigenvalue weighted by Gasteiger charge is 2.31. The second kappa shape index (κ2) is 12.1. The number of benzene rings is 2. The second-order valence-corrected chi connectivity index (χ2v) is 10.9. The Morgan fingerprint density at radius 2 is 1.69 bits per heavy atom. The highest BCUT2D eigenvalue weighted by atomic mass is 19.4. The van der Waals surface area contributed by atoms with E-state index < -0.39 is 29.5 Å². The minimum Gasteiger partial charge on any atom is -0.444 e. The monoisotopic (exact) mass is 579 g/mol. The van der Waals surface area contributed by atoms with E-state index in [0.717, 1.165) is 28.8 Å². The van der Waals surface area contributed by atoms with Crippen LogP contribution in [0.2, 0.25) is 0 Å². The van der Waals surface area contributed by atoms with Crippen LogP contribution in [-0.4, -0.2) is 32.4 Å². The second-order valence-electron chi connectivity index (χ2n) is 10.9. The molecule has 2 heterocycles. The van der Waals surface area contributed by atoms with Crippen molar-refractivity contribution < 1.29 is 27.5 Å². The van der Waals surface area contributed by atoms with Crippen molar-refractivity contribution in [3.8, 4) is 22.3 Å². The lowest BCUT2D eigenvalue weighted by atomic mass is 9.95. The van der Waals surface area contributed by atoms with E-state index in [0.29, 0.717) is 16.7 Å². The van der Waals surface area contributed by atoms with Crippen LogP contribution in [0.3, 0.4) is 0 Å². The maximum absolute atomic E-state index is 13.5. The first-order valence-electron chi connectivity index (χ1n) is 13.2. The summed E-state index contributed by atoms with van der Waals surface area (Å²) in [4.78, 5) is 29.3. The van der Waals surface area contributed by atoms with Crippen molar-refractivity contribution in [3.63, 3.8) is 0 Å². The van der Waals surface area contributed by atoms with Crippen LogP contribution in [0.1, 0.15) is 60.9 Å². The summed E-state index contributed by atoms with van der Waals surface area (Å²) < 4.78 is 47.5. The van der Waals surface area contributed by atoms with E-state index in [2.05, 4.69) is 20.7 Å². The zero-order valence-corrected chi connectivity index (χ0v) is 23.9. The Morgan fingerprint density at radius 1 is 0.976 bits per heavy atom. The molecule has 0 fully saturated rings. The fourth-order valence-corrected chi connectivity index (χ4v) is 4.27. The lowest BCUT2D eigenvalue weighted by Crippen LogP contribution is -2.32.